The normalized spacial score (nSPS) is 12.9. The predicted molar refractivity (Wildman–Crippen MR) is 96.1 cm³/mol. The van der Waals surface area contributed by atoms with Gasteiger partial charge in [-0.05, 0) is 30.0 Å². The molecule has 0 aliphatic rings. The number of nitrogens with one attached hydrogen (secondary N) is 3. The van der Waals surface area contributed by atoms with Gasteiger partial charge in [-0.3, -0.25) is 20.4 Å². The van der Waals surface area contributed by atoms with Crippen LogP contribution in [0, 0.1) is 11.8 Å². The lowest BCUT2D eigenvalue weighted by Crippen LogP contribution is -2.54. The monoisotopic (exact) mass is 389 g/mol. The fourth-order valence-electron chi connectivity index (χ4n) is 1.99. The van der Waals surface area contributed by atoms with Crippen LogP contribution in [0.1, 0.15) is 34.1 Å². The molecule has 1 rings (SSSR count). The number of carbonyl (C=O) groups excluding carboxylic acids is 2. The van der Waals surface area contributed by atoms with Gasteiger partial charge in [0.2, 0.25) is 15.9 Å². The van der Waals surface area contributed by atoms with Gasteiger partial charge in [-0.1, -0.05) is 45.4 Å². The van der Waals surface area contributed by atoms with Crippen LogP contribution >= 0.6 is 11.6 Å². The molecule has 1 aromatic rings. The van der Waals surface area contributed by atoms with E-state index in [0.717, 1.165) is 0 Å². The molecule has 0 saturated heterocycles. The van der Waals surface area contributed by atoms with Gasteiger partial charge in [0.1, 0.15) is 6.04 Å². The van der Waals surface area contributed by atoms with E-state index >= 15 is 0 Å². The first-order valence-corrected chi connectivity index (χ1v) is 9.75. The smallest absolute Gasteiger partial charge is 0.256 e. The van der Waals surface area contributed by atoms with Crippen LogP contribution in [0.3, 0.4) is 0 Å². The van der Waals surface area contributed by atoms with Crippen LogP contribution < -0.4 is 15.6 Å². The maximum atomic E-state index is 12.5. The van der Waals surface area contributed by atoms with Crippen molar-refractivity contribution in [3.05, 3.63) is 29.3 Å². The maximum Gasteiger partial charge on any atom is 0.256 e. The summed E-state index contributed by atoms with van der Waals surface area (Å²) < 4.78 is 27.3. The van der Waals surface area contributed by atoms with Crippen LogP contribution in [-0.4, -0.2) is 26.3 Å². The van der Waals surface area contributed by atoms with Crippen molar-refractivity contribution < 1.29 is 18.0 Å². The molecule has 1 atom stereocenters. The molecule has 7 nitrogen and oxygen atoms in total. The Bertz CT molecular complexity index is 720. The van der Waals surface area contributed by atoms with Crippen LogP contribution in [0.25, 0.3) is 0 Å². The van der Waals surface area contributed by atoms with Crippen LogP contribution in [0.4, 0.5) is 0 Å². The summed E-state index contributed by atoms with van der Waals surface area (Å²) in [6.45, 7) is 7.14. The van der Waals surface area contributed by atoms with Gasteiger partial charge >= 0.3 is 0 Å². The summed E-state index contributed by atoms with van der Waals surface area (Å²) in [4.78, 5) is 23.8. The highest BCUT2D eigenvalue weighted by Crippen LogP contribution is 2.16. The number of sulfonamides is 1. The number of benzene rings is 1. The predicted octanol–water partition coefficient (Wildman–Crippen LogP) is 1.84. The number of hydrogen-bond donors (Lipinski definition) is 3. The Morgan fingerprint density at radius 1 is 1.12 bits per heavy atom. The average molecular weight is 390 g/mol. The van der Waals surface area contributed by atoms with E-state index in [9.17, 15) is 18.0 Å². The van der Waals surface area contributed by atoms with E-state index in [2.05, 4.69) is 15.6 Å². The van der Waals surface area contributed by atoms with Crippen molar-refractivity contribution in [1.29, 1.82) is 0 Å². The van der Waals surface area contributed by atoms with Crippen LogP contribution in [0.2, 0.25) is 5.02 Å². The Morgan fingerprint density at radius 3 is 2.28 bits per heavy atom. The van der Waals surface area contributed by atoms with Gasteiger partial charge in [0.25, 0.3) is 5.91 Å². The van der Waals surface area contributed by atoms with Crippen LogP contribution in [0.5, 0.6) is 0 Å². The second kappa shape index (κ2) is 9.17. The first-order chi connectivity index (χ1) is 11.5. The molecule has 0 heterocycles. The molecule has 0 unspecified atom stereocenters. The third-order valence-corrected chi connectivity index (χ3v) is 4.93. The van der Waals surface area contributed by atoms with Crippen LogP contribution in [0.15, 0.2) is 29.2 Å². The summed E-state index contributed by atoms with van der Waals surface area (Å²) in [6, 6.07) is 4.69. The quantitative estimate of drug-likeness (QED) is 0.619. The van der Waals surface area contributed by atoms with Crippen molar-refractivity contribution in [3.8, 4) is 0 Å². The van der Waals surface area contributed by atoms with Crippen LogP contribution in [-0.2, 0) is 19.6 Å². The highest BCUT2D eigenvalue weighted by molar-refractivity contribution is 7.89. The highest BCUT2D eigenvalue weighted by atomic mass is 35.5. The average Bonchev–Trinajstić information content (AvgIpc) is 2.49. The van der Waals surface area contributed by atoms with E-state index in [0.29, 0.717) is 0 Å². The number of rotatable bonds is 7. The van der Waals surface area contributed by atoms with Crippen molar-refractivity contribution >= 4 is 33.4 Å². The number of amides is 2. The molecule has 0 aliphatic carbocycles. The van der Waals surface area contributed by atoms with Crippen molar-refractivity contribution in [2.45, 2.75) is 45.1 Å². The van der Waals surface area contributed by atoms with E-state index in [1.165, 1.54) is 18.2 Å². The van der Waals surface area contributed by atoms with Gasteiger partial charge in [0.05, 0.1) is 4.90 Å². The molecule has 0 fully saturated rings. The van der Waals surface area contributed by atoms with Gasteiger partial charge in [-0.15, -0.1) is 0 Å². The molecule has 25 heavy (non-hydrogen) atoms. The Hall–Kier alpha value is -1.64. The minimum Gasteiger partial charge on any atom is -0.273 e. The first kappa shape index (κ1) is 21.4. The summed E-state index contributed by atoms with van der Waals surface area (Å²) in [7, 11) is -3.94. The number of halogens is 1. The Morgan fingerprint density at radius 2 is 1.76 bits per heavy atom. The molecule has 0 aromatic heterocycles. The molecule has 3 N–H and O–H groups in total. The summed E-state index contributed by atoms with van der Waals surface area (Å²) in [5, 5.41) is 0.273. The summed E-state index contributed by atoms with van der Waals surface area (Å²) in [5.41, 5.74) is 4.55. The Balaban J connectivity index is 2.83. The van der Waals surface area contributed by atoms with E-state index < -0.39 is 22.0 Å². The SMILES string of the molecule is CC(C)CC(=O)NNC(=O)[C@@H](NS(=O)(=O)c1cccc(Cl)c1)C(C)C. The first-order valence-electron chi connectivity index (χ1n) is 7.89. The summed E-state index contributed by atoms with van der Waals surface area (Å²) in [6.07, 6.45) is 0.251. The van der Waals surface area contributed by atoms with Gasteiger partial charge in [-0.25, -0.2) is 8.42 Å². The molecule has 0 spiro atoms. The minimum atomic E-state index is -3.94. The van der Waals surface area contributed by atoms with Crippen molar-refractivity contribution in [2.75, 3.05) is 0 Å². The highest BCUT2D eigenvalue weighted by Gasteiger charge is 2.28. The van der Waals surface area contributed by atoms with E-state index in [1.807, 2.05) is 13.8 Å². The van der Waals surface area contributed by atoms with Gasteiger partial charge in [-0.2, -0.15) is 4.72 Å². The molecule has 2 amide bonds. The topological polar surface area (TPSA) is 104 Å². The fraction of sp³-hybridized carbons (Fsp3) is 0.500. The minimum absolute atomic E-state index is 0.0395. The fourth-order valence-corrected chi connectivity index (χ4v) is 3.64. The Kier molecular flexibility index (Phi) is 7.85. The lowest BCUT2D eigenvalue weighted by molar-refractivity contribution is -0.130. The van der Waals surface area contributed by atoms with Gasteiger partial charge < -0.3 is 0 Å². The maximum absolute atomic E-state index is 12.5. The zero-order chi connectivity index (χ0) is 19.2. The molecular formula is C16H24ClN3O4S. The summed E-state index contributed by atoms with van der Waals surface area (Å²) >= 11 is 5.82. The van der Waals surface area contributed by atoms with Gasteiger partial charge in [0, 0.05) is 11.4 Å². The molecular weight excluding hydrogens is 366 g/mol. The second-order valence-electron chi connectivity index (χ2n) is 6.44. The lowest BCUT2D eigenvalue weighted by Gasteiger charge is -2.22. The van der Waals surface area contributed by atoms with E-state index in [4.69, 9.17) is 11.6 Å². The third kappa shape index (κ3) is 7.01. The second-order valence-corrected chi connectivity index (χ2v) is 8.59. The molecule has 9 heteroatoms. The van der Waals surface area contributed by atoms with Crippen molar-refractivity contribution in [1.82, 2.24) is 15.6 Å². The number of carbonyl (C=O) groups is 2. The molecule has 140 valence electrons. The summed E-state index contributed by atoms with van der Waals surface area (Å²) in [5.74, 6) is -1.18. The molecule has 0 saturated carbocycles. The molecule has 0 aliphatic heterocycles. The zero-order valence-corrected chi connectivity index (χ0v) is 16.2. The Labute approximate surface area is 153 Å². The zero-order valence-electron chi connectivity index (χ0n) is 14.7. The standard InChI is InChI=1S/C16H24ClN3O4S/c1-10(2)8-14(21)18-19-16(22)15(11(3)4)20-25(23,24)13-7-5-6-12(17)9-13/h5-7,9-11,15,20H,8H2,1-4H3,(H,18,21)(H,19,22)/t15-/m0/s1. The van der Waals surface area contributed by atoms with E-state index in [-0.39, 0.29) is 34.1 Å². The molecule has 0 bridgehead atoms. The van der Waals surface area contributed by atoms with Gasteiger partial charge in [0.15, 0.2) is 0 Å². The number of hydrazine groups is 1. The number of hydrogen-bond acceptors (Lipinski definition) is 4. The molecule has 0 radical (unpaired) electrons. The third-order valence-electron chi connectivity index (χ3n) is 3.26. The molecule has 1 aromatic carbocycles. The van der Waals surface area contributed by atoms with E-state index in [1.54, 1.807) is 19.9 Å². The lowest BCUT2D eigenvalue weighted by atomic mass is 10.1. The van der Waals surface area contributed by atoms with Crippen molar-refractivity contribution in [3.63, 3.8) is 0 Å². The largest absolute Gasteiger partial charge is 0.273 e. The van der Waals surface area contributed by atoms with Crippen molar-refractivity contribution in [2.24, 2.45) is 11.8 Å².